The molecule has 3 N–H and O–H groups in total. The molecule has 1 aromatic heterocycles. The molecule has 0 spiro atoms. The number of aliphatic hydroxyl groups is 1. The summed E-state index contributed by atoms with van der Waals surface area (Å²) in [6, 6.07) is 13.1. The number of methoxy groups -OCH3 is 1. The first kappa shape index (κ1) is 25.5. The Balaban J connectivity index is 0.00000106. The van der Waals surface area contributed by atoms with Gasteiger partial charge in [-0.1, -0.05) is 13.8 Å². The van der Waals surface area contributed by atoms with E-state index in [1.807, 2.05) is 20.8 Å². The van der Waals surface area contributed by atoms with E-state index in [4.69, 9.17) is 15.0 Å². The van der Waals surface area contributed by atoms with Gasteiger partial charge in [0.15, 0.2) is 5.69 Å². The molecule has 0 aliphatic carbocycles. The first-order valence-corrected chi connectivity index (χ1v) is 9.95. The van der Waals surface area contributed by atoms with Gasteiger partial charge in [0.25, 0.3) is 0 Å². The average Bonchev–Trinajstić information content (AvgIpc) is 3.23. The highest BCUT2D eigenvalue weighted by molar-refractivity contribution is 7.97. The van der Waals surface area contributed by atoms with Crippen LogP contribution in [0.3, 0.4) is 0 Å². The smallest absolute Gasteiger partial charge is 0.435 e. The zero-order valence-electron chi connectivity index (χ0n) is 17.5. The summed E-state index contributed by atoms with van der Waals surface area (Å²) in [6.07, 6.45) is -4.53. The van der Waals surface area contributed by atoms with E-state index in [0.29, 0.717) is 22.7 Å². The molecule has 1 heterocycles. The molecule has 0 unspecified atom stereocenters. The number of aryl methyl sites for hydroxylation is 1. The van der Waals surface area contributed by atoms with Crippen molar-refractivity contribution in [1.82, 2.24) is 9.78 Å². The van der Waals surface area contributed by atoms with Crippen LogP contribution in [-0.2, 0) is 6.18 Å². The van der Waals surface area contributed by atoms with Gasteiger partial charge >= 0.3 is 6.18 Å². The molecule has 9 heteroatoms. The Morgan fingerprint density at radius 1 is 1.03 bits per heavy atom. The largest absolute Gasteiger partial charge is 0.496 e. The fourth-order valence-electron chi connectivity index (χ4n) is 2.63. The molecule has 0 aliphatic heterocycles. The summed E-state index contributed by atoms with van der Waals surface area (Å²) in [6.45, 7) is 5.83. The van der Waals surface area contributed by atoms with Gasteiger partial charge in [-0.25, -0.2) is 4.68 Å². The normalized spacial score (nSPS) is 10.5. The monoisotopic (exact) mass is 441 g/mol. The number of hydrogen-bond donors (Lipinski definition) is 2. The van der Waals surface area contributed by atoms with Gasteiger partial charge in [-0.3, -0.25) is 5.14 Å². The predicted octanol–water partition coefficient (Wildman–Crippen LogP) is 5.48. The molecule has 30 heavy (non-hydrogen) atoms. The van der Waals surface area contributed by atoms with Gasteiger partial charge < -0.3 is 9.84 Å². The van der Waals surface area contributed by atoms with Crippen LogP contribution in [0.5, 0.6) is 5.75 Å². The summed E-state index contributed by atoms with van der Waals surface area (Å²) in [5, 5.41) is 16.3. The van der Waals surface area contributed by atoms with E-state index in [2.05, 4.69) is 5.10 Å². The summed E-state index contributed by atoms with van der Waals surface area (Å²) in [4.78, 5) is 0.804. The third-order valence-corrected chi connectivity index (χ3v) is 4.45. The number of nitrogens with zero attached hydrogens (tertiary/aromatic N) is 2. The van der Waals surface area contributed by atoms with Crippen molar-refractivity contribution in [2.45, 2.75) is 31.8 Å². The SMILES string of the molecule is CC.CO.COc1ccc(-c2cc(C(F)(F)F)nn2-c2ccc(SN)cc2)cc1C. The second kappa shape index (κ2) is 11.6. The maximum absolute atomic E-state index is 13.2. The first-order valence-electron chi connectivity index (χ1n) is 9.07. The molecule has 0 radical (unpaired) electrons. The second-order valence-corrected chi connectivity index (χ2v) is 6.33. The maximum atomic E-state index is 13.2. The minimum Gasteiger partial charge on any atom is -0.496 e. The van der Waals surface area contributed by atoms with E-state index >= 15 is 0 Å². The van der Waals surface area contributed by atoms with Crippen LogP contribution in [0.4, 0.5) is 13.2 Å². The lowest BCUT2D eigenvalue weighted by atomic mass is 10.1. The molecule has 164 valence electrons. The number of benzene rings is 2. The average molecular weight is 442 g/mol. The van der Waals surface area contributed by atoms with Crippen molar-refractivity contribution in [3.63, 3.8) is 0 Å². The lowest BCUT2D eigenvalue weighted by Crippen LogP contribution is -2.07. The molecule has 0 saturated carbocycles. The van der Waals surface area contributed by atoms with E-state index in [0.717, 1.165) is 35.6 Å². The molecule has 0 fully saturated rings. The molecule has 3 rings (SSSR count). The highest BCUT2D eigenvalue weighted by Gasteiger charge is 2.35. The predicted molar refractivity (Wildman–Crippen MR) is 115 cm³/mol. The van der Waals surface area contributed by atoms with Gasteiger partial charge in [-0.05, 0) is 73.0 Å². The van der Waals surface area contributed by atoms with Crippen molar-refractivity contribution >= 4 is 11.9 Å². The maximum Gasteiger partial charge on any atom is 0.435 e. The summed E-state index contributed by atoms with van der Waals surface area (Å²) < 4.78 is 46.1. The standard InChI is InChI=1S/C18H16F3N3OS.C2H6.CH4O/c1-11-9-12(3-8-16(11)25-2)15-10-17(18(19,20)21)23-24(15)13-4-6-14(26-22)7-5-13;2*1-2/h3-10H,22H2,1-2H3;1-2H3;2H,1H3. The second-order valence-electron chi connectivity index (χ2n) is 5.62. The Hall–Kier alpha value is -2.49. The number of halogens is 3. The number of ether oxygens (including phenoxy) is 1. The van der Waals surface area contributed by atoms with Crippen molar-refractivity contribution in [1.29, 1.82) is 0 Å². The van der Waals surface area contributed by atoms with Crippen LogP contribution in [0, 0.1) is 6.92 Å². The van der Waals surface area contributed by atoms with Crippen molar-refractivity contribution in [2.75, 3.05) is 14.2 Å². The number of alkyl halides is 3. The van der Waals surface area contributed by atoms with Crippen molar-refractivity contribution < 1.29 is 23.0 Å². The number of aliphatic hydroxyl groups excluding tert-OH is 1. The Bertz CT molecular complexity index is 926. The van der Waals surface area contributed by atoms with Crippen molar-refractivity contribution in [3.8, 4) is 22.7 Å². The topological polar surface area (TPSA) is 73.3 Å². The summed E-state index contributed by atoms with van der Waals surface area (Å²) >= 11 is 1.07. The van der Waals surface area contributed by atoms with Crippen LogP contribution in [0.1, 0.15) is 25.1 Å². The zero-order valence-corrected chi connectivity index (χ0v) is 18.3. The van der Waals surface area contributed by atoms with Gasteiger partial charge in [-0.2, -0.15) is 18.3 Å². The molecule has 0 saturated heterocycles. The summed E-state index contributed by atoms with van der Waals surface area (Å²) in [5.74, 6) is 0.667. The Morgan fingerprint density at radius 2 is 1.63 bits per heavy atom. The van der Waals surface area contributed by atoms with E-state index in [-0.39, 0.29) is 0 Å². The van der Waals surface area contributed by atoms with Gasteiger partial charge in [0.1, 0.15) is 5.75 Å². The quantitative estimate of drug-likeness (QED) is 0.525. The summed E-state index contributed by atoms with van der Waals surface area (Å²) in [5.41, 5.74) is 1.35. The van der Waals surface area contributed by atoms with Gasteiger partial charge in [0.2, 0.25) is 0 Å². The highest BCUT2D eigenvalue weighted by atomic mass is 32.2. The lowest BCUT2D eigenvalue weighted by Gasteiger charge is -2.10. The highest BCUT2D eigenvalue weighted by Crippen LogP contribution is 2.34. The zero-order chi connectivity index (χ0) is 22.9. The minimum absolute atomic E-state index is 0.344. The number of nitrogens with two attached hydrogens (primary N) is 1. The third kappa shape index (κ3) is 6.01. The Morgan fingerprint density at radius 3 is 2.10 bits per heavy atom. The fraction of sp³-hybridized carbons (Fsp3) is 0.286. The minimum atomic E-state index is -4.53. The number of hydrogen-bond acceptors (Lipinski definition) is 5. The Labute approximate surface area is 178 Å². The molecular weight excluding hydrogens is 415 g/mol. The lowest BCUT2D eigenvalue weighted by molar-refractivity contribution is -0.141. The first-order chi connectivity index (χ1) is 14.3. The van der Waals surface area contributed by atoms with Crippen LogP contribution in [-0.4, -0.2) is 29.1 Å². The summed E-state index contributed by atoms with van der Waals surface area (Å²) in [7, 11) is 2.55. The van der Waals surface area contributed by atoms with E-state index < -0.39 is 11.9 Å². The van der Waals surface area contributed by atoms with E-state index in [1.54, 1.807) is 49.6 Å². The molecule has 2 aromatic carbocycles. The van der Waals surface area contributed by atoms with Crippen LogP contribution in [0.15, 0.2) is 53.4 Å². The Kier molecular flexibility index (Phi) is 9.91. The third-order valence-electron chi connectivity index (χ3n) is 3.91. The van der Waals surface area contributed by atoms with Gasteiger partial charge in [0, 0.05) is 17.6 Å². The molecule has 0 aliphatic rings. The molecule has 0 amide bonds. The van der Waals surface area contributed by atoms with Gasteiger partial charge in [0.05, 0.1) is 18.5 Å². The molecule has 3 aromatic rings. The van der Waals surface area contributed by atoms with Crippen molar-refractivity contribution in [3.05, 3.63) is 59.8 Å². The van der Waals surface area contributed by atoms with Gasteiger partial charge in [-0.15, -0.1) is 0 Å². The van der Waals surface area contributed by atoms with Crippen LogP contribution >= 0.6 is 11.9 Å². The van der Waals surface area contributed by atoms with Crippen LogP contribution < -0.4 is 9.88 Å². The molecule has 0 bridgehead atoms. The van der Waals surface area contributed by atoms with Crippen molar-refractivity contribution in [2.24, 2.45) is 5.14 Å². The molecular formula is C21H26F3N3O2S. The molecule has 0 atom stereocenters. The van der Waals surface area contributed by atoms with Crippen LogP contribution in [0.25, 0.3) is 16.9 Å². The van der Waals surface area contributed by atoms with Crippen LogP contribution in [0.2, 0.25) is 0 Å². The molecule has 5 nitrogen and oxygen atoms in total. The number of rotatable bonds is 4. The fourth-order valence-corrected chi connectivity index (χ4v) is 2.92. The van der Waals surface area contributed by atoms with E-state index in [1.165, 1.54) is 4.68 Å². The van der Waals surface area contributed by atoms with E-state index in [9.17, 15) is 13.2 Å². The number of aromatic nitrogens is 2.